The van der Waals surface area contributed by atoms with E-state index in [4.69, 9.17) is 0 Å². The molecular formula is C113H175N15O9. The molecule has 0 saturated heterocycles. The number of hydrogen-bond acceptors (Lipinski definition) is 18. The Morgan fingerprint density at radius 3 is 0.905 bits per heavy atom. The predicted octanol–water partition coefficient (Wildman–Crippen LogP) is 30.4. The molecule has 756 valence electrons. The molecule has 0 aliphatic rings. The first-order valence-electron chi connectivity index (χ1n) is 53.5. The summed E-state index contributed by atoms with van der Waals surface area (Å²) in [6.45, 7) is 43.5. The van der Waals surface area contributed by atoms with E-state index < -0.39 is 16.7 Å². The normalized spacial score (nSPS) is 12.7. The number of carbonyl (C=O) groups excluding carboxylic acids is 3. The summed E-state index contributed by atoms with van der Waals surface area (Å²) in [5.74, 6) is 2.00. The van der Waals surface area contributed by atoms with Crippen LogP contribution in [-0.4, -0.2) is 101 Å². The van der Waals surface area contributed by atoms with Gasteiger partial charge in [0.2, 0.25) is 17.6 Å². The fraction of sp³-hybridized carbons (Fsp3) is 0.655. The summed E-state index contributed by atoms with van der Waals surface area (Å²) in [5, 5.41) is 87.8. The van der Waals surface area contributed by atoms with Gasteiger partial charge in [-0.15, -0.1) is 15.3 Å². The quantitative estimate of drug-likeness (QED) is 0.0237. The molecular weight excluding hydrogens is 1710 g/mol. The van der Waals surface area contributed by atoms with Crippen molar-refractivity contribution >= 4 is 51.8 Å². The zero-order valence-corrected chi connectivity index (χ0v) is 87.7. The fourth-order valence-electron chi connectivity index (χ4n) is 18.0. The van der Waals surface area contributed by atoms with E-state index in [0.717, 1.165) is 254 Å². The van der Waals surface area contributed by atoms with Crippen LogP contribution in [-0.2, 0) is 38.9 Å². The van der Waals surface area contributed by atoms with Gasteiger partial charge in [-0.05, 0) is 193 Å². The number of unbranched alkanes of at least 4 members (excludes halogenated alkanes) is 17. The number of pyridine rings is 3. The van der Waals surface area contributed by atoms with Crippen LogP contribution in [0, 0.1) is 69.5 Å². The zero-order valence-electron chi connectivity index (χ0n) is 87.7. The first-order chi connectivity index (χ1) is 66.4. The zero-order chi connectivity index (χ0) is 101. The van der Waals surface area contributed by atoms with Crippen LogP contribution in [0.1, 0.15) is 433 Å². The lowest BCUT2D eigenvalue weighted by Crippen LogP contribution is -2.39. The molecule has 6 rings (SSSR count). The molecule has 24 nitrogen and oxygen atoms in total. The van der Waals surface area contributed by atoms with Crippen LogP contribution >= 0.6 is 0 Å². The highest BCUT2D eigenvalue weighted by Crippen LogP contribution is 2.36. The number of carbonyl (C=O) groups is 3. The third-order valence-corrected chi connectivity index (χ3v) is 27.3. The molecule has 0 aliphatic carbocycles. The van der Waals surface area contributed by atoms with Gasteiger partial charge in [0.15, 0.2) is 17.1 Å². The lowest BCUT2D eigenvalue weighted by atomic mass is 9.95. The molecule has 6 aromatic rings. The van der Waals surface area contributed by atoms with Crippen LogP contribution in [0.4, 0.5) is 34.1 Å². The maximum absolute atomic E-state index is 14.2. The van der Waals surface area contributed by atoms with Crippen molar-refractivity contribution in [3.63, 3.8) is 0 Å². The van der Waals surface area contributed by atoms with Crippen molar-refractivity contribution in [2.75, 3.05) is 39.3 Å². The second-order valence-electron chi connectivity index (χ2n) is 37.6. The van der Waals surface area contributed by atoms with E-state index in [2.05, 4.69) is 148 Å². The van der Waals surface area contributed by atoms with Crippen LogP contribution in [0.25, 0.3) is 0 Å². The molecule has 0 saturated carbocycles. The molecule has 3 N–H and O–H groups in total. The molecule has 0 radical (unpaired) electrons. The molecule has 6 atom stereocenters. The minimum atomic E-state index is -0.492. The average Bonchev–Trinajstić information content (AvgIpc) is 0.781. The Bertz CT molecular complexity index is 4900. The maximum atomic E-state index is 14.2. The number of benzene rings is 3. The number of aromatic nitrogens is 3. The van der Waals surface area contributed by atoms with Crippen molar-refractivity contribution in [3.8, 4) is 35.8 Å². The van der Waals surface area contributed by atoms with Gasteiger partial charge >= 0.3 is 0 Å². The van der Waals surface area contributed by atoms with Crippen LogP contribution in [0.15, 0.2) is 118 Å². The van der Waals surface area contributed by atoms with Gasteiger partial charge in [0.05, 0.1) is 17.1 Å². The molecule has 0 bridgehead atoms. The van der Waals surface area contributed by atoms with Crippen molar-refractivity contribution in [2.45, 2.75) is 408 Å². The van der Waals surface area contributed by atoms with Crippen molar-refractivity contribution in [3.05, 3.63) is 154 Å². The number of nitriles is 3. The average molecular weight is 1890 g/mol. The largest absolute Gasteiger partial charge is 0.493 e. The lowest BCUT2D eigenvalue weighted by molar-refractivity contribution is 0.0678. The third kappa shape index (κ3) is 38.7. The first-order valence-corrected chi connectivity index (χ1v) is 53.5. The second kappa shape index (κ2) is 68.6. The summed E-state index contributed by atoms with van der Waals surface area (Å²) in [6.07, 6.45) is 42.4. The third-order valence-electron chi connectivity index (χ3n) is 27.3. The van der Waals surface area contributed by atoms with Crippen LogP contribution < -0.4 is 16.7 Å². The summed E-state index contributed by atoms with van der Waals surface area (Å²) in [7, 11) is 0. The molecule has 3 aromatic carbocycles. The van der Waals surface area contributed by atoms with Gasteiger partial charge in [-0.2, -0.15) is 31.1 Å². The SMILES string of the molecule is CCCCC(CC)CN(CC(CC)CCCC)C(=O)c1ccc(N=Nc2c(CC)c(C#N)c(O)n(CC)c2=O)cc1.CCCCCCCCc1c(C#N)c(O)n(CCCCCCCC)c(=O)c1N=Nc1cccc(C(=O)N(CC(CC)CCCC)CC(CC)CCCC)c1.CCCCc1c(C#N)c(O)n(CC)c(=O)c1N=Nc1ccc(C(=O)N(CC(CC)CCCC)CC(CC)CCCC)cc1. The Balaban J connectivity index is 0.000000434. The van der Waals surface area contributed by atoms with Gasteiger partial charge < -0.3 is 30.0 Å². The van der Waals surface area contributed by atoms with Gasteiger partial charge in [0, 0.05) is 92.3 Å². The van der Waals surface area contributed by atoms with Gasteiger partial charge in [-0.25, -0.2) is 0 Å². The summed E-state index contributed by atoms with van der Waals surface area (Å²) < 4.78 is 3.57. The number of amides is 3. The highest BCUT2D eigenvalue weighted by molar-refractivity contribution is 5.96. The van der Waals surface area contributed by atoms with Gasteiger partial charge in [-0.3, -0.25) is 42.5 Å². The van der Waals surface area contributed by atoms with Gasteiger partial charge in [0.25, 0.3) is 34.4 Å². The van der Waals surface area contributed by atoms with Gasteiger partial charge in [0.1, 0.15) is 34.9 Å². The van der Waals surface area contributed by atoms with E-state index in [1.807, 2.05) is 31.2 Å². The minimum absolute atomic E-state index is 0.00778. The van der Waals surface area contributed by atoms with E-state index in [1.165, 1.54) is 43.1 Å². The van der Waals surface area contributed by atoms with Crippen molar-refractivity contribution in [2.24, 2.45) is 66.2 Å². The first kappa shape index (κ1) is 119. The molecule has 3 heterocycles. The Kier molecular flexibility index (Phi) is 59.5. The Morgan fingerprint density at radius 2 is 0.591 bits per heavy atom. The predicted molar refractivity (Wildman–Crippen MR) is 560 cm³/mol. The number of nitrogens with zero attached hydrogens (tertiary/aromatic N) is 15. The molecule has 3 aromatic heterocycles. The summed E-state index contributed by atoms with van der Waals surface area (Å²) in [4.78, 5) is 88.1. The summed E-state index contributed by atoms with van der Waals surface area (Å²) in [6, 6.07) is 27.5. The van der Waals surface area contributed by atoms with Gasteiger partial charge in [-0.1, -0.05) is 303 Å². The topological polar surface area (TPSA) is 333 Å². The number of azo groups is 3. The molecule has 0 spiro atoms. The van der Waals surface area contributed by atoms with Crippen LogP contribution in [0.3, 0.4) is 0 Å². The Morgan fingerprint density at radius 1 is 0.314 bits per heavy atom. The summed E-state index contributed by atoms with van der Waals surface area (Å²) >= 11 is 0. The van der Waals surface area contributed by atoms with Crippen LogP contribution in [0.2, 0.25) is 0 Å². The molecule has 0 fully saturated rings. The Labute approximate surface area is 823 Å². The number of rotatable bonds is 65. The van der Waals surface area contributed by atoms with E-state index in [1.54, 1.807) is 81.4 Å². The van der Waals surface area contributed by atoms with E-state index in [-0.39, 0.29) is 82.2 Å². The smallest absolute Gasteiger partial charge is 0.281 e. The highest BCUT2D eigenvalue weighted by Gasteiger charge is 2.30. The maximum Gasteiger partial charge on any atom is 0.281 e. The van der Waals surface area contributed by atoms with E-state index in [0.29, 0.717) is 112 Å². The lowest BCUT2D eigenvalue weighted by Gasteiger charge is -2.31. The summed E-state index contributed by atoms with van der Waals surface area (Å²) in [5.41, 5.74) is 3.57. The van der Waals surface area contributed by atoms with Crippen LogP contribution in [0.5, 0.6) is 17.6 Å². The monoisotopic (exact) mass is 1890 g/mol. The molecule has 137 heavy (non-hydrogen) atoms. The minimum Gasteiger partial charge on any atom is -0.493 e. The molecule has 3 amide bonds. The number of hydrogen-bond donors (Lipinski definition) is 3. The fourth-order valence-corrected chi connectivity index (χ4v) is 18.0. The highest BCUT2D eigenvalue weighted by atomic mass is 16.3. The molecule has 24 heteroatoms. The van der Waals surface area contributed by atoms with E-state index in [9.17, 15) is 59.9 Å². The van der Waals surface area contributed by atoms with Crippen molar-refractivity contribution in [1.29, 1.82) is 15.8 Å². The second-order valence-corrected chi connectivity index (χ2v) is 37.6. The number of aromatic hydroxyl groups is 3. The Hall–Kier alpha value is -10.4. The molecule has 6 unspecified atom stereocenters. The van der Waals surface area contributed by atoms with Crippen molar-refractivity contribution in [1.82, 2.24) is 28.4 Å². The molecule has 0 aliphatic heterocycles. The van der Waals surface area contributed by atoms with Crippen molar-refractivity contribution < 1.29 is 29.7 Å². The standard InChI is InChI=1S/C45H73N5O3.C35H53N5O3.C33H49N5O3/c1-7-13-17-19-21-23-30-40-41(33-46)44(52)50(31-24-22-20-18-14-8-2)45(53)42(40)48-47-39-29-25-28-38(32-39)43(51)49(34-36(11-5)26-15-9-3)35-37(12-6)27-16-10-4;1-7-13-16-26(10-4)24-39(25-27(11-5)17-14-8-2)33(41)28-19-21-29(22-20-28)37-38-32-30(18-15-9-3)31(23-36)34(42)40(12-6)35(32)43;1-7-13-15-24(9-3)22-37(23-25(10-4)16-14-8-2)31(39)26-17-19-27(20-18-26)35-36-30-28(11-5)29(21-34)32(40)38(12-6)33(30)41/h25,28-29,32,36-37,52H,7-24,26-27,30-31,34-35H2,1-6H3;19-22,26-27,42H,7-18,24-25H2,1-6H3;17-20,24-25,40H,7-16,22-23H2,1-6H3. The van der Waals surface area contributed by atoms with E-state index >= 15 is 0 Å².